The SMILES string of the molecule is CC[C@@H](C)NC(=O)CSCC(C)(C)C. The minimum absolute atomic E-state index is 0.161. The molecule has 0 fully saturated rings. The van der Waals surface area contributed by atoms with Crippen molar-refractivity contribution >= 4 is 17.7 Å². The number of carbonyl (C=O) groups excluding carboxylic acids is 1. The summed E-state index contributed by atoms with van der Waals surface area (Å²) in [5, 5.41) is 2.96. The second-order valence-electron chi connectivity index (χ2n) is 4.93. The summed E-state index contributed by atoms with van der Waals surface area (Å²) in [6.07, 6.45) is 0.996. The van der Waals surface area contributed by atoms with Crippen molar-refractivity contribution in [3.05, 3.63) is 0 Å². The molecule has 14 heavy (non-hydrogen) atoms. The van der Waals surface area contributed by atoms with Crippen molar-refractivity contribution in [3.63, 3.8) is 0 Å². The predicted octanol–water partition coefficient (Wildman–Crippen LogP) is 2.68. The zero-order chi connectivity index (χ0) is 11.2. The van der Waals surface area contributed by atoms with Crippen molar-refractivity contribution in [1.82, 2.24) is 5.32 Å². The number of hydrogen-bond donors (Lipinski definition) is 1. The highest BCUT2D eigenvalue weighted by atomic mass is 32.2. The van der Waals surface area contributed by atoms with E-state index >= 15 is 0 Å². The lowest BCUT2D eigenvalue weighted by Crippen LogP contribution is -2.33. The molecule has 0 unspecified atom stereocenters. The van der Waals surface area contributed by atoms with Crippen molar-refractivity contribution < 1.29 is 4.79 Å². The highest BCUT2D eigenvalue weighted by Crippen LogP contribution is 2.19. The molecule has 1 atom stereocenters. The Morgan fingerprint density at radius 3 is 2.43 bits per heavy atom. The number of rotatable bonds is 5. The second-order valence-corrected chi connectivity index (χ2v) is 5.92. The Labute approximate surface area is 92.2 Å². The number of amides is 1. The highest BCUT2D eigenvalue weighted by Gasteiger charge is 2.12. The standard InChI is InChI=1S/C11H23NOS/c1-6-9(2)12-10(13)7-14-8-11(3,4)5/h9H,6-8H2,1-5H3,(H,12,13)/t9-/m1/s1. The van der Waals surface area contributed by atoms with Crippen LogP contribution in [0.3, 0.4) is 0 Å². The van der Waals surface area contributed by atoms with Crippen LogP contribution in [0, 0.1) is 5.41 Å². The quantitative estimate of drug-likeness (QED) is 0.767. The third-order valence-electron chi connectivity index (χ3n) is 1.79. The summed E-state index contributed by atoms with van der Waals surface area (Å²) >= 11 is 1.71. The van der Waals surface area contributed by atoms with Gasteiger partial charge in [-0.2, -0.15) is 11.8 Å². The summed E-state index contributed by atoms with van der Waals surface area (Å²) < 4.78 is 0. The Morgan fingerprint density at radius 2 is 2.00 bits per heavy atom. The molecule has 84 valence electrons. The van der Waals surface area contributed by atoms with Gasteiger partial charge in [-0.3, -0.25) is 4.79 Å². The Balaban J connectivity index is 3.55. The van der Waals surface area contributed by atoms with E-state index in [9.17, 15) is 4.79 Å². The largest absolute Gasteiger partial charge is 0.353 e. The first-order valence-electron chi connectivity index (χ1n) is 5.22. The van der Waals surface area contributed by atoms with Crippen LogP contribution in [0.25, 0.3) is 0 Å². The van der Waals surface area contributed by atoms with Crippen molar-refractivity contribution in [2.24, 2.45) is 5.41 Å². The molecule has 0 saturated carbocycles. The van der Waals surface area contributed by atoms with Crippen molar-refractivity contribution in [3.8, 4) is 0 Å². The Hall–Kier alpha value is -0.180. The van der Waals surface area contributed by atoms with Gasteiger partial charge in [-0.1, -0.05) is 27.7 Å². The van der Waals surface area contributed by atoms with Crippen LogP contribution in [0.4, 0.5) is 0 Å². The molecule has 0 radical (unpaired) electrons. The summed E-state index contributed by atoms with van der Waals surface area (Å²) in [7, 11) is 0. The lowest BCUT2D eigenvalue weighted by atomic mass is 10.0. The average Bonchev–Trinajstić information content (AvgIpc) is 2.01. The molecule has 0 aromatic carbocycles. The van der Waals surface area contributed by atoms with Crippen LogP contribution in [-0.4, -0.2) is 23.5 Å². The van der Waals surface area contributed by atoms with E-state index in [0.29, 0.717) is 17.2 Å². The molecule has 0 bridgehead atoms. The first kappa shape index (κ1) is 13.8. The summed E-state index contributed by atoms with van der Waals surface area (Å²) in [6.45, 7) is 10.7. The normalized spacial score (nSPS) is 13.8. The Bertz CT molecular complexity index is 175. The Kier molecular flexibility index (Phi) is 6.25. The van der Waals surface area contributed by atoms with Crippen LogP contribution in [0.5, 0.6) is 0 Å². The molecule has 0 aliphatic rings. The second kappa shape index (κ2) is 6.33. The van der Waals surface area contributed by atoms with Crippen molar-refractivity contribution in [2.45, 2.75) is 47.1 Å². The van der Waals surface area contributed by atoms with E-state index in [2.05, 4.69) is 33.0 Å². The highest BCUT2D eigenvalue weighted by molar-refractivity contribution is 7.99. The molecule has 0 rings (SSSR count). The summed E-state index contributed by atoms with van der Waals surface area (Å²) in [6, 6.07) is 0.303. The lowest BCUT2D eigenvalue weighted by molar-refractivity contribution is -0.119. The topological polar surface area (TPSA) is 29.1 Å². The minimum Gasteiger partial charge on any atom is -0.353 e. The molecule has 1 amide bonds. The van der Waals surface area contributed by atoms with E-state index in [4.69, 9.17) is 0 Å². The van der Waals surface area contributed by atoms with E-state index in [0.717, 1.165) is 12.2 Å². The maximum absolute atomic E-state index is 11.4. The lowest BCUT2D eigenvalue weighted by Gasteiger charge is -2.17. The van der Waals surface area contributed by atoms with Crippen LogP contribution in [0.2, 0.25) is 0 Å². The monoisotopic (exact) mass is 217 g/mol. The molecule has 0 aliphatic heterocycles. The minimum atomic E-state index is 0.161. The molecule has 0 aliphatic carbocycles. The summed E-state index contributed by atoms with van der Waals surface area (Å²) in [4.78, 5) is 11.4. The summed E-state index contributed by atoms with van der Waals surface area (Å²) in [5.74, 6) is 1.77. The zero-order valence-corrected chi connectivity index (χ0v) is 10.8. The van der Waals surface area contributed by atoms with E-state index in [1.165, 1.54) is 0 Å². The van der Waals surface area contributed by atoms with Gasteiger partial charge in [0, 0.05) is 6.04 Å². The van der Waals surface area contributed by atoms with Crippen LogP contribution < -0.4 is 5.32 Å². The maximum atomic E-state index is 11.4. The van der Waals surface area contributed by atoms with Crippen molar-refractivity contribution in [2.75, 3.05) is 11.5 Å². The molecule has 0 aromatic rings. The summed E-state index contributed by atoms with van der Waals surface area (Å²) in [5.41, 5.74) is 0.307. The number of thioether (sulfide) groups is 1. The van der Waals surface area contributed by atoms with Gasteiger partial charge >= 0.3 is 0 Å². The van der Waals surface area contributed by atoms with E-state index in [1.807, 2.05) is 6.92 Å². The number of carbonyl (C=O) groups is 1. The van der Waals surface area contributed by atoms with Gasteiger partial charge in [0.15, 0.2) is 0 Å². The maximum Gasteiger partial charge on any atom is 0.230 e. The molecule has 0 spiro atoms. The molecular formula is C11H23NOS. The average molecular weight is 217 g/mol. The van der Waals surface area contributed by atoms with Crippen LogP contribution in [-0.2, 0) is 4.79 Å². The third kappa shape index (κ3) is 8.42. The van der Waals surface area contributed by atoms with Gasteiger partial charge < -0.3 is 5.32 Å². The van der Waals surface area contributed by atoms with Gasteiger partial charge in [0.2, 0.25) is 5.91 Å². The van der Waals surface area contributed by atoms with Gasteiger partial charge in [-0.15, -0.1) is 0 Å². The van der Waals surface area contributed by atoms with Gasteiger partial charge in [0.1, 0.15) is 0 Å². The first-order valence-corrected chi connectivity index (χ1v) is 6.37. The molecule has 0 saturated heterocycles. The molecule has 0 aromatic heterocycles. The number of nitrogens with one attached hydrogen (secondary N) is 1. The van der Waals surface area contributed by atoms with Crippen LogP contribution in [0.1, 0.15) is 41.0 Å². The first-order chi connectivity index (χ1) is 6.35. The Morgan fingerprint density at radius 1 is 1.43 bits per heavy atom. The third-order valence-corrected chi connectivity index (χ3v) is 3.32. The number of hydrogen-bond acceptors (Lipinski definition) is 2. The molecular weight excluding hydrogens is 194 g/mol. The van der Waals surface area contributed by atoms with E-state index in [1.54, 1.807) is 11.8 Å². The fourth-order valence-corrected chi connectivity index (χ4v) is 1.85. The van der Waals surface area contributed by atoms with E-state index in [-0.39, 0.29) is 5.91 Å². The molecule has 3 heteroatoms. The van der Waals surface area contributed by atoms with Gasteiger partial charge in [0.05, 0.1) is 5.75 Å². The smallest absolute Gasteiger partial charge is 0.230 e. The van der Waals surface area contributed by atoms with E-state index < -0.39 is 0 Å². The van der Waals surface area contributed by atoms with Crippen LogP contribution in [0.15, 0.2) is 0 Å². The van der Waals surface area contributed by atoms with Gasteiger partial charge in [0.25, 0.3) is 0 Å². The van der Waals surface area contributed by atoms with Crippen LogP contribution >= 0.6 is 11.8 Å². The molecule has 0 heterocycles. The zero-order valence-electron chi connectivity index (χ0n) is 10.0. The molecule has 1 N–H and O–H groups in total. The van der Waals surface area contributed by atoms with Crippen molar-refractivity contribution in [1.29, 1.82) is 0 Å². The predicted molar refractivity (Wildman–Crippen MR) is 64.7 cm³/mol. The van der Waals surface area contributed by atoms with Gasteiger partial charge in [-0.25, -0.2) is 0 Å². The van der Waals surface area contributed by atoms with Gasteiger partial charge in [-0.05, 0) is 24.5 Å². The fraction of sp³-hybridized carbons (Fsp3) is 0.909. The fourth-order valence-electron chi connectivity index (χ4n) is 0.868. The molecule has 2 nitrogen and oxygen atoms in total.